The molecule has 1 N–H and O–H groups in total. The second kappa shape index (κ2) is 9.06. The number of hydrogen-bond acceptors (Lipinski definition) is 5. The number of ether oxygens (including phenoxy) is 1. The maximum Gasteiger partial charge on any atom is 0.300 e. The Morgan fingerprint density at radius 1 is 1.03 bits per heavy atom. The van der Waals surface area contributed by atoms with Gasteiger partial charge in [0.1, 0.15) is 11.8 Å². The Labute approximate surface area is 205 Å². The van der Waals surface area contributed by atoms with Gasteiger partial charge in [-0.15, -0.1) is 0 Å². The van der Waals surface area contributed by atoms with Gasteiger partial charge in [0.15, 0.2) is 5.75 Å². The molecule has 0 spiro atoms. The summed E-state index contributed by atoms with van der Waals surface area (Å²) in [6.45, 7) is 1.75. The molecule has 1 unspecified atom stereocenters. The maximum atomic E-state index is 13.2. The minimum absolute atomic E-state index is 0.140. The van der Waals surface area contributed by atoms with Crippen molar-refractivity contribution in [3.05, 3.63) is 92.2 Å². The molecule has 1 aliphatic heterocycles. The van der Waals surface area contributed by atoms with Gasteiger partial charge >= 0.3 is 0 Å². The fraction of sp³-hybridized carbons (Fsp3) is 0.125. The molecule has 33 heavy (non-hydrogen) atoms. The topological polar surface area (TPSA) is 79.7 Å². The highest BCUT2D eigenvalue weighted by molar-refractivity contribution is 6.52. The first kappa shape index (κ1) is 23.1. The number of benzene rings is 2. The first-order valence-electron chi connectivity index (χ1n) is 9.76. The van der Waals surface area contributed by atoms with E-state index < -0.39 is 23.5 Å². The van der Waals surface area contributed by atoms with Crippen molar-refractivity contribution in [3.63, 3.8) is 0 Å². The molecule has 2 heterocycles. The lowest BCUT2D eigenvalue weighted by Gasteiger charge is -2.26. The number of halogens is 3. The Bertz CT molecular complexity index is 1290. The zero-order chi connectivity index (χ0) is 23.9. The molecule has 0 saturated carbocycles. The largest absolute Gasteiger partial charge is 0.507 e. The molecule has 9 heteroatoms. The van der Waals surface area contributed by atoms with E-state index in [0.717, 1.165) is 0 Å². The number of anilines is 1. The molecule has 1 aromatic heterocycles. The van der Waals surface area contributed by atoms with Crippen molar-refractivity contribution >= 4 is 57.9 Å². The van der Waals surface area contributed by atoms with Crippen LogP contribution >= 0.6 is 34.8 Å². The average Bonchev–Trinajstić information content (AvgIpc) is 3.06. The Hall–Kier alpha value is -3.06. The summed E-state index contributed by atoms with van der Waals surface area (Å²) in [5.74, 6) is -1.89. The van der Waals surface area contributed by atoms with Gasteiger partial charge in [0.05, 0.1) is 28.4 Å². The zero-order valence-electron chi connectivity index (χ0n) is 17.5. The lowest BCUT2D eigenvalue weighted by molar-refractivity contribution is -0.132. The van der Waals surface area contributed by atoms with Crippen molar-refractivity contribution in [2.45, 2.75) is 13.0 Å². The summed E-state index contributed by atoms with van der Waals surface area (Å²) < 4.78 is 5.15. The summed E-state index contributed by atoms with van der Waals surface area (Å²) in [6, 6.07) is 12.0. The normalized spacial score (nSPS) is 17.5. The number of hydrogen-bond donors (Lipinski definition) is 1. The number of carbonyl (C=O) groups excluding carboxylic acids is 2. The van der Waals surface area contributed by atoms with Crippen LogP contribution in [0.1, 0.15) is 22.9 Å². The van der Waals surface area contributed by atoms with E-state index in [-0.39, 0.29) is 26.9 Å². The van der Waals surface area contributed by atoms with E-state index in [1.54, 1.807) is 49.5 Å². The fourth-order valence-corrected chi connectivity index (χ4v) is 4.61. The fourth-order valence-electron chi connectivity index (χ4n) is 3.80. The molecule has 1 saturated heterocycles. The van der Waals surface area contributed by atoms with Gasteiger partial charge in [-0.05, 0) is 48.9 Å². The van der Waals surface area contributed by atoms with Crippen LogP contribution in [0.4, 0.5) is 5.69 Å². The molecule has 1 atom stereocenters. The molecule has 0 aliphatic carbocycles. The lowest BCUT2D eigenvalue weighted by Crippen LogP contribution is -2.30. The average molecular weight is 504 g/mol. The molecule has 1 aliphatic rings. The van der Waals surface area contributed by atoms with Crippen molar-refractivity contribution in [2.24, 2.45) is 0 Å². The third-order valence-corrected chi connectivity index (χ3v) is 6.36. The molecule has 3 aromatic rings. The van der Waals surface area contributed by atoms with Crippen LogP contribution in [-0.4, -0.2) is 28.9 Å². The van der Waals surface area contributed by atoms with Gasteiger partial charge in [0.25, 0.3) is 11.7 Å². The SMILES string of the molecule is COc1c(Cl)cc(/C(O)=C2\C(=O)C(=O)N(c3cccc(Cl)c3C)C2c2ccccn2)cc1Cl. The third kappa shape index (κ3) is 3.95. The smallest absolute Gasteiger partial charge is 0.300 e. The summed E-state index contributed by atoms with van der Waals surface area (Å²) in [7, 11) is 1.41. The number of pyridine rings is 1. The highest BCUT2D eigenvalue weighted by Gasteiger charge is 2.48. The number of aromatic nitrogens is 1. The quantitative estimate of drug-likeness (QED) is 0.269. The molecule has 0 bridgehead atoms. The van der Waals surface area contributed by atoms with E-state index in [9.17, 15) is 14.7 Å². The molecule has 6 nitrogen and oxygen atoms in total. The van der Waals surface area contributed by atoms with Crippen LogP contribution in [0.5, 0.6) is 5.75 Å². The van der Waals surface area contributed by atoms with E-state index in [1.807, 2.05) is 0 Å². The van der Waals surface area contributed by atoms with Gasteiger partial charge in [-0.2, -0.15) is 0 Å². The van der Waals surface area contributed by atoms with Gasteiger partial charge in [-0.25, -0.2) is 0 Å². The molecule has 168 valence electrons. The molecular formula is C24H17Cl3N2O4. The van der Waals surface area contributed by atoms with Crippen LogP contribution in [0.25, 0.3) is 5.76 Å². The number of amides is 1. The van der Waals surface area contributed by atoms with Crippen LogP contribution in [0.2, 0.25) is 15.1 Å². The lowest BCUT2D eigenvalue weighted by atomic mass is 9.98. The van der Waals surface area contributed by atoms with E-state index in [1.165, 1.54) is 24.1 Å². The Balaban J connectivity index is 1.98. The number of aliphatic hydroxyl groups excluding tert-OH is 1. The van der Waals surface area contributed by atoms with Gasteiger partial charge < -0.3 is 9.84 Å². The number of ketones is 1. The number of Topliss-reactive ketones (excluding diaryl/α,β-unsaturated/α-hetero) is 1. The summed E-state index contributed by atoms with van der Waals surface area (Å²) in [4.78, 5) is 32.1. The predicted octanol–water partition coefficient (Wildman–Crippen LogP) is 5.99. The van der Waals surface area contributed by atoms with Crippen molar-refractivity contribution in [1.29, 1.82) is 0 Å². The van der Waals surface area contributed by atoms with E-state index in [0.29, 0.717) is 22.0 Å². The van der Waals surface area contributed by atoms with Gasteiger partial charge in [0, 0.05) is 22.5 Å². The van der Waals surface area contributed by atoms with Crippen LogP contribution in [0.15, 0.2) is 60.3 Å². The highest BCUT2D eigenvalue weighted by atomic mass is 35.5. The van der Waals surface area contributed by atoms with Crippen molar-refractivity contribution in [1.82, 2.24) is 4.98 Å². The minimum atomic E-state index is -0.997. The Kier molecular flexibility index (Phi) is 6.34. The van der Waals surface area contributed by atoms with Crippen LogP contribution in [0.3, 0.4) is 0 Å². The van der Waals surface area contributed by atoms with Crippen molar-refractivity contribution in [2.75, 3.05) is 12.0 Å². The number of aliphatic hydroxyl groups is 1. The first-order chi connectivity index (χ1) is 15.8. The van der Waals surface area contributed by atoms with Gasteiger partial charge in [-0.3, -0.25) is 19.5 Å². The van der Waals surface area contributed by atoms with Crippen LogP contribution in [-0.2, 0) is 9.59 Å². The number of nitrogens with zero attached hydrogens (tertiary/aromatic N) is 2. The number of methoxy groups -OCH3 is 1. The summed E-state index contributed by atoms with van der Waals surface area (Å²) >= 11 is 18.8. The van der Waals surface area contributed by atoms with E-state index in [2.05, 4.69) is 4.98 Å². The second-order valence-corrected chi connectivity index (χ2v) is 8.50. The minimum Gasteiger partial charge on any atom is -0.507 e. The first-order valence-corrected chi connectivity index (χ1v) is 10.9. The van der Waals surface area contributed by atoms with E-state index in [4.69, 9.17) is 39.5 Å². The Morgan fingerprint density at radius 3 is 2.33 bits per heavy atom. The summed E-state index contributed by atoms with van der Waals surface area (Å²) in [5, 5.41) is 11.9. The van der Waals surface area contributed by atoms with Gasteiger partial charge in [-0.1, -0.05) is 46.9 Å². The standard InChI is InChI=1S/C24H17Cl3N2O4/c1-12-14(25)6-5-8-18(12)29-20(17-7-3-4-9-28-17)19(22(31)24(29)32)21(30)13-10-15(26)23(33-2)16(27)11-13/h3-11,20,30H,1-2H3/b21-19+. The predicted molar refractivity (Wildman–Crippen MR) is 128 cm³/mol. The second-order valence-electron chi connectivity index (χ2n) is 7.28. The third-order valence-electron chi connectivity index (χ3n) is 5.39. The van der Waals surface area contributed by atoms with Crippen LogP contribution in [0, 0.1) is 6.92 Å². The summed E-state index contributed by atoms with van der Waals surface area (Å²) in [6.07, 6.45) is 1.54. The number of carbonyl (C=O) groups is 2. The van der Waals surface area contributed by atoms with Crippen LogP contribution < -0.4 is 9.64 Å². The van der Waals surface area contributed by atoms with Crippen molar-refractivity contribution in [3.8, 4) is 5.75 Å². The molecule has 2 aromatic carbocycles. The number of rotatable bonds is 4. The Morgan fingerprint density at radius 2 is 1.73 bits per heavy atom. The molecule has 0 radical (unpaired) electrons. The maximum absolute atomic E-state index is 13.2. The molecule has 1 fully saturated rings. The summed E-state index contributed by atoms with van der Waals surface area (Å²) in [5.41, 5.74) is 1.45. The molecule has 1 amide bonds. The molecular weight excluding hydrogens is 487 g/mol. The van der Waals surface area contributed by atoms with E-state index >= 15 is 0 Å². The monoisotopic (exact) mass is 502 g/mol. The zero-order valence-corrected chi connectivity index (χ0v) is 19.7. The van der Waals surface area contributed by atoms with Gasteiger partial charge in [0.2, 0.25) is 0 Å². The molecule has 4 rings (SSSR count). The highest BCUT2D eigenvalue weighted by Crippen LogP contribution is 2.44. The van der Waals surface area contributed by atoms with Crippen molar-refractivity contribution < 1.29 is 19.4 Å².